The first kappa shape index (κ1) is 21.7. The molecule has 166 valence electrons. The molecule has 1 aliphatic rings. The first-order valence-corrected chi connectivity index (χ1v) is 11.6. The molecular weight excluding hydrogens is 428 g/mol. The fourth-order valence-electron chi connectivity index (χ4n) is 3.90. The molecule has 0 radical (unpaired) electrons. The Morgan fingerprint density at radius 2 is 1.75 bits per heavy atom. The standard InChI is InChI=1S/C24H24N2O5S/c1-16-13-18-14-20(10-11-22(18)26(16)24(27)17-7-5-4-6-8-17)32(28,29)25-21-15-19(30-2)9-12-23(21)31-3/h4-12,14-16,25H,13H2,1-3H3/t16-/m0/s1. The number of carbonyl (C=O) groups excluding carboxylic acids is 1. The summed E-state index contributed by atoms with van der Waals surface area (Å²) in [7, 11) is -0.918. The lowest BCUT2D eigenvalue weighted by molar-refractivity contribution is 0.0981. The maximum Gasteiger partial charge on any atom is 0.262 e. The molecular formula is C24H24N2O5S. The highest BCUT2D eigenvalue weighted by molar-refractivity contribution is 7.92. The van der Waals surface area contributed by atoms with E-state index >= 15 is 0 Å². The van der Waals surface area contributed by atoms with Gasteiger partial charge in [-0.3, -0.25) is 9.52 Å². The van der Waals surface area contributed by atoms with Crippen molar-refractivity contribution in [3.05, 3.63) is 77.9 Å². The number of anilines is 2. The van der Waals surface area contributed by atoms with Crippen molar-refractivity contribution in [2.75, 3.05) is 23.8 Å². The van der Waals surface area contributed by atoms with Crippen molar-refractivity contribution in [3.63, 3.8) is 0 Å². The first-order valence-electron chi connectivity index (χ1n) is 10.1. The number of benzene rings is 3. The van der Waals surface area contributed by atoms with Crippen molar-refractivity contribution in [3.8, 4) is 11.5 Å². The van der Waals surface area contributed by atoms with Gasteiger partial charge in [0.2, 0.25) is 0 Å². The lowest BCUT2D eigenvalue weighted by Crippen LogP contribution is -2.35. The van der Waals surface area contributed by atoms with Crippen LogP contribution in [-0.4, -0.2) is 34.6 Å². The van der Waals surface area contributed by atoms with Gasteiger partial charge in [0.1, 0.15) is 11.5 Å². The van der Waals surface area contributed by atoms with E-state index in [0.717, 1.165) is 11.3 Å². The molecule has 0 aliphatic carbocycles. The normalized spacial score (nSPS) is 15.2. The van der Waals surface area contributed by atoms with Crippen molar-refractivity contribution in [1.82, 2.24) is 0 Å². The van der Waals surface area contributed by atoms with Gasteiger partial charge >= 0.3 is 0 Å². The third kappa shape index (κ3) is 4.01. The van der Waals surface area contributed by atoms with Gasteiger partial charge in [0.05, 0.1) is 24.8 Å². The van der Waals surface area contributed by atoms with Gasteiger partial charge in [-0.05, 0) is 61.4 Å². The van der Waals surface area contributed by atoms with Crippen molar-refractivity contribution in [2.24, 2.45) is 0 Å². The Morgan fingerprint density at radius 1 is 1.00 bits per heavy atom. The van der Waals surface area contributed by atoms with Crippen molar-refractivity contribution in [2.45, 2.75) is 24.3 Å². The maximum absolute atomic E-state index is 13.1. The van der Waals surface area contributed by atoms with Gasteiger partial charge in [-0.25, -0.2) is 8.42 Å². The smallest absolute Gasteiger partial charge is 0.262 e. The number of hydrogen-bond donors (Lipinski definition) is 1. The number of nitrogens with zero attached hydrogens (tertiary/aromatic N) is 1. The predicted molar refractivity (Wildman–Crippen MR) is 123 cm³/mol. The number of rotatable bonds is 6. The maximum atomic E-state index is 13.1. The van der Waals surface area contributed by atoms with Gasteiger partial charge in [-0.1, -0.05) is 18.2 Å². The Morgan fingerprint density at radius 3 is 2.44 bits per heavy atom. The quantitative estimate of drug-likeness (QED) is 0.609. The van der Waals surface area contributed by atoms with Crippen LogP contribution in [0.1, 0.15) is 22.8 Å². The third-order valence-electron chi connectivity index (χ3n) is 5.47. The fraction of sp³-hybridized carbons (Fsp3) is 0.208. The molecule has 0 unspecified atom stereocenters. The molecule has 3 aromatic carbocycles. The molecule has 4 rings (SSSR count). The van der Waals surface area contributed by atoms with E-state index in [4.69, 9.17) is 9.47 Å². The molecule has 3 aromatic rings. The number of sulfonamides is 1. The molecule has 0 bridgehead atoms. The molecule has 1 amide bonds. The molecule has 1 aliphatic heterocycles. The zero-order chi connectivity index (χ0) is 22.9. The summed E-state index contributed by atoms with van der Waals surface area (Å²) in [6.07, 6.45) is 0.569. The Kier molecular flexibility index (Phi) is 5.80. The molecule has 32 heavy (non-hydrogen) atoms. The van der Waals surface area contributed by atoms with Gasteiger partial charge in [0, 0.05) is 23.4 Å². The Labute approximate surface area is 187 Å². The van der Waals surface area contributed by atoms with Crippen LogP contribution in [0.15, 0.2) is 71.6 Å². The summed E-state index contributed by atoms with van der Waals surface area (Å²) in [6.45, 7) is 1.95. The minimum absolute atomic E-state index is 0.0814. The highest BCUT2D eigenvalue weighted by atomic mass is 32.2. The minimum Gasteiger partial charge on any atom is -0.497 e. The molecule has 0 spiro atoms. The van der Waals surface area contributed by atoms with Crippen LogP contribution in [0, 0.1) is 0 Å². The van der Waals surface area contributed by atoms with Crippen LogP contribution in [0.2, 0.25) is 0 Å². The highest BCUT2D eigenvalue weighted by Crippen LogP contribution is 2.36. The number of amides is 1. The number of methoxy groups -OCH3 is 2. The average molecular weight is 453 g/mol. The van der Waals surface area contributed by atoms with E-state index in [1.165, 1.54) is 20.3 Å². The second-order valence-electron chi connectivity index (χ2n) is 7.56. The molecule has 0 saturated heterocycles. The predicted octanol–water partition coefficient (Wildman–Crippen LogP) is 4.10. The monoisotopic (exact) mass is 452 g/mol. The van der Waals surface area contributed by atoms with Crippen molar-refractivity contribution >= 4 is 27.3 Å². The van der Waals surface area contributed by atoms with E-state index in [0.29, 0.717) is 23.5 Å². The summed E-state index contributed by atoms with van der Waals surface area (Å²) in [5.74, 6) is 0.775. The van der Waals surface area contributed by atoms with Gasteiger partial charge in [-0.15, -0.1) is 0 Å². The summed E-state index contributed by atoms with van der Waals surface area (Å²) >= 11 is 0. The number of nitrogens with one attached hydrogen (secondary N) is 1. The fourth-order valence-corrected chi connectivity index (χ4v) is 5.01. The van der Waals surface area contributed by atoms with Gasteiger partial charge in [0.15, 0.2) is 0 Å². The molecule has 0 fully saturated rings. The summed E-state index contributed by atoms with van der Waals surface area (Å²) < 4.78 is 39.2. The largest absolute Gasteiger partial charge is 0.497 e. The highest BCUT2D eigenvalue weighted by Gasteiger charge is 2.32. The van der Waals surface area contributed by atoms with E-state index in [-0.39, 0.29) is 22.5 Å². The second kappa shape index (κ2) is 8.55. The summed E-state index contributed by atoms with van der Waals surface area (Å²) in [5, 5.41) is 0. The zero-order valence-electron chi connectivity index (χ0n) is 18.0. The van der Waals surface area contributed by atoms with Crippen molar-refractivity contribution < 1.29 is 22.7 Å². The second-order valence-corrected chi connectivity index (χ2v) is 9.24. The van der Waals surface area contributed by atoms with Crippen LogP contribution in [-0.2, 0) is 16.4 Å². The van der Waals surface area contributed by atoms with E-state index < -0.39 is 10.0 Å². The third-order valence-corrected chi connectivity index (χ3v) is 6.83. The van der Waals surface area contributed by atoms with E-state index in [2.05, 4.69) is 4.72 Å². The number of hydrogen-bond acceptors (Lipinski definition) is 5. The summed E-state index contributed by atoms with van der Waals surface area (Å²) in [5.41, 5.74) is 2.41. The van der Waals surface area contributed by atoms with Crippen LogP contribution in [0.3, 0.4) is 0 Å². The molecule has 1 atom stereocenters. The van der Waals surface area contributed by atoms with E-state index in [1.807, 2.05) is 25.1 Å². The Bertz CT molecular complexity index is 1260. The molecule has 0 aromatic heterocycles. The number of ether oxygens (including phenoxy) is 2. The summed E-state index contributed by atoms with van der Waals surface area (Å²) in [6, 6.07) is 18.7. The molecule has 8 heteroatoms. The van der Waals surface area contributed by atoms with Gasteiger partial charge in [-0.2, -0.15) is 0 Å². The molecule has 0 saturated carbocycles. The topological polar surface area (TPSA) is 84.9 Å². The SMILES string of the molecule is COc1ccc(OC)c(NS(=O)(=O)c2ccc3c(c2)C[C@H](C)N3C(=O)c2ccccc2)c1. The van der Waals surface area contributed by atoms with Gasteiger partial charge in [0.25, 0.3) is 15.9 Å². The summed E-state index contributed by atoms with van der Waals surface area (Å²) in [4.78, 5) is 14.9. The van der Waals surface area contributed by atoms with Crippen LogP contribution in [0.5, 0.6) is 11.5 Å². The van der Waals surface area contributed by atoms with Gasteiger partial charge < -0.3 is 14.4 Å². The van der Waals surface area contributed by atoms with E-state index in [9.17, 15) is 13.2 Å². The Balaban J connectivity index is 1.65. The van der Waals surface area contributed by atoms with Crippen molar-refractivity contribution in [1.29, 1.82) is 0 Å². The molecule has 7 nitrogen and oxygen atoms in total. The average Bonchev–Trinajstić information content (AvgIpc) is 3.13. The van der Waals surface area contributed by atoms with E-state index in [1.54, 1.807) is 47.4 Å². The number of fused-ring (bicyclic) bond motifs is 1. The lowest BCUT2D eigenvalue weighted by atomic mass is 10.1. The van der Waals surface area contributed by atoms with Crippen LogP contribution >= 0.6 is 0 Å². The first-order chi connectivity index (χ1) is 15.3. The van der Waals surface area contributed by atoms with Crippen LogP contribution in [0.25, 0.3) is 0 Å². The zero-order valence-corrected chi connectivity index (χ0v) is 18.8. The number of carbonyl (C=O) groups is 1. The Hall–Kier alpha value is -3.52. The lowest BCUT2D eigenvalue weighted by Gasteiger charge is -2.23. The molecule has 1 heterocycles. The van der Waals surface area contributed by atoms with Crippen LogP contribution < -0.4 is 19.1 Å². The molecule has 1 N–H and O–H groups in total. The van der Waals surface area contributed by atoms with Crippen LogP contribution in [0.4, 0.5) is 11.4 Å². The minimum atomic E-state index is -3.89.